The first-order chi connectivity index (χ1) is 16.1. The molecule has 0 amide bonds. The van der Waals surface area contributed by atoms with Crippen molar-refractivity contribution in [2.45, 2.75) is 32.1 Å². The minimum atomic E-state index is -0.461. The van der Waals surface area contributed by atoms with E-state index < -0.39 is 5.82 Å². The van der Waals surface area contributed by atoms with E-state index in [0.29, 0.717) is 22.4 Å². The van der Waals surface area contributed by atoms with Crippen molar-refractivity contribution in [3.05, 3.63) is 53.1 Å². The molecule has 1 aliphatic rings. The second-order valence-electron chi connectivity index (χ2n) is 8.05. The number of anilines is 2. The minimum Gasteiger partial charge on any atom is -0.317 e. The summed E-state index contributed by atoms with van der Waals surface area (Å²) in [6.07, 6.45) is 2.88. The zero-order chi connectivity index (χ0) is 22.9. The molecule has 1 aromatic carbocycles. The Hall–Kier alpha value is -3.42. The number of aromatic nitrogens is 5. The molecule has 0 bridgehead atoms. The third-order valence-electron chi connectivity index (χ3n) is 6.00. The Morgan fingerprint density at radius 2 is 2.06 bits per heavy atom. The highest BCUT2D eigenvalue weighted by Crippen LogP contribution is 2.33. The number of nitrogens with zero attached hydrogens (tertiary/aromatic N) is 7. The SMILES string of the molecule is CCc1nc2ccc(C3CCNCC3)nn2c1N(C)c1nc(-c2ccc(F)cc2C#N)ns1. The van der Waals surface area contributed by atoms with E-state index >= 15 is 0 Å². The van der Waals surface area contributed by atoms with E-state index in [1.54, 1.807) is 0 Å². The van der Waals surface area contributed by atoms with Crippen LogP contribution in [0.4, 0.5) is 15.3 Å². The van der Waals surface area contributed by atoms with Gasteiger partial charge in [0.05, 0.1) is 23.0 Å². The van der Waals surface area contributed by atoms with E-state index in [1.165, 1.54) is 29.7 Å². The van der Waals surface area contributed by atoms with Gasteiger partial charge in [0, 0.05) is 30.1 Å². The lowest BCUT2D eigenvalue weighted by atomic mass is 9.94. The van der Waals surface area contributed by atoms with Crippen molar-refractivity contribution in [2.24, 2.45) is 0 Å². The lowest BCUT2D eigenvalue weighted by Gasteiger charge is -2.22. The summed E-state index contributed by atoms with van der Waals surface area (Å²) in [4.78, 5) is 11.4. The summed E-state index contributed by atoms with van der Waals surface area (Å²) >= 11 is 1.22. The molecular formula is C23H23FN8S. The van der Waals surface area contributed by atoms with Crippen LogP contribution >= 0.6 is 11.5 Å². The number of aryl methyl sites for hydroxylation is 1. The van der Waals surface area contributed by atoms with Gasteiger partial charge in [0.1, 0.15) is 5.82 Å². The Morgan fingerprint density at radius 1 is 1.24 bits per heavy atom. The van der Waals surface area contributed by atoms with Crippen LogP contribution in [0.2, 0.25) is 0 Å². The summed E-state index contributed by atoms with van der Waals surface area (Å²) in [6.45, 7) is 4.07. The van der Waals surface area contributed by atoms with E-state index in [9.17, 15) is 9.65 Å². The Bertz CT molecular complexity index is 1350. The zero-order valence-corrected chi connectivity index (χ0v) is 19.2. The van der Waals surface area contributed by atoms with Crippen LogP contribution in [0, 0.1) is 17.1 Å². The van der Waals surface area contributed by atoms with Gasteiger partial charge in [-0.1, -0.05) is 6.92 Å². The number of halogens is 1. The normalized spacial score (nSPS) is 14.5. The van der Waals surface area contributed by atoms with Gasteiger partial charge in [0.25, 0.3) is 0 Å². The maximum Gasteiger partial charge on any atom is 0.210 e. The van der Waals surface area contributed by atoms with Gasteiger partial charge < -0.3 is 10.2 Å². The maximum absolute atomic E-state index is 13.6. The molecule has 168 valence electrons. The first-order valence-corrected chi connectivity index (χ1v) is 11.7. The van der Waals surface area contributed by atoms with Crippen LogP contribution in [0.5, 0.6) is 0 Å². The molecule has 0 saturated carbocycles. The molecule has 10 heteroatoms. The van der Waals surface area contributed by atoms with Gasteiger partial charge in [0.15, 0.2) is 17.3 Å². The molecule has 0 spiro atoms. The van der Waals surface area contributed by atoms with Crippen molar-refractivity contribution in [3.8, 4) is 17.5 Å². The molecule has 0 atom stereocenters. The summed E-state index contributed by atoms with van der Waals surface area (Å²) < 4.78 is 19.9. The molecule has 8 nitrogen and oxygen atoms in total. The standard InChI is InChI=1S/C23H23FN8S/c1-3-18-22(32-20(27-18)7-6-19(29-32)14-8-10-26-11-9-14)31(2)23-28-21(30-33-23)17-5-4-16(24)12-15(17)13-25/h4-7,12,14,26H,3,8-11H2,1-2H3. The number of hydrogen-bond acceptors (Lipinski definition) is 8. The predicted octanol–water partition coefficient (Wildman–Crippen LogP) is 4.06. The van der Waals surface area contributed by atoms with Crippen molar-refractivity contribution in [2.75, 3.05) is 25.0 Å². The maximum atomic E-state index is 13.6. The molecule has 0 aliphatic carbocycles. The Balaban J connectivity index is 1.54. The molecule has 0 unspecified atom stereocenters. The molecule has 4 aromatic rings. The Kier molecular flexibility index (Phi) is 5.74. The number of nitriles is 1. The van der Waals surface area contributed by atoms with Crippen LogP contribution in [0.1, 0.15) is 42.6 Å². The number of benzene rings is 1. The summed E-state index contributed by atoms with van der Waals surface area (Å²) in [5.74, 6) is 1.22. The largest absolute Gasteiger partial charge is 0.317 e. The Labute approximate surface area is 194 Å². The van der Waals surface area contributed by atoms with Gasteiger partial charge >= 0.3 is 0 Å². The van der Waals surface area contributed by atoms with Crippen LogP contribution in [-0.2, 0) is 6.42 Å². The zero-order valence-electron chi connectivity index (χ0n) is 18.4. The van der Waals surface area contributed by atoms with E-state index in [0.717, 1.165) is 55.2 Å². The molecule has 1 fully saturated rings. The van der Waals surface area contributed by atoms with Crippen LogP contribution in [0.3, 0.4) is 0 Å². The van der Waals surface area contributed by atoms with E-state index in [-0.39, 0.29) is 5.56 Å². The van der Waals surface area contributed by atoms with E-state index in [4.69, 9.17) is 10.1 Å². The van der Waals surface area contributed by atoms with Crippen LogP contribution < -0.4 is 10.2 Å². The first-order valence-electron chi connectivity index (χ1n) is 11.0. The number of rotatable bonds is 5. The average Bonchev–Trinajstić information content (AvgIpc) is 3.48. The summed E-state index contributed by atoms with van der Waals surface area (Å²) in [7, 11) is 1.92. The van der Waals surface area contributed by atoms with Crippen molar-refractivity contribution in [1.82, 2.24) is 29.3 Å². The average molecular weight is 463 g/mol. The highest BCUT2D eigenvalue weighted by atomic mass is 32.1. The second kappa shape index (κ2) is 8.84. The van der Waals surface area contributed by atoms with Gasteiger partial charge in [-0.05, 0) is 62.7 Å². The van der Waals surface area contributed by atoms with E-state index in [1.807, 2.05) is 28.6 Å². The van der Waals surface area contributed by atoms with Crippen LogP contribution in [-0.4, -0.2) is 44.1 Å². The molecule has 1 saturated heterocycles. The molecule has 0 radical (unpaired) electrons. The first kappa shape index (κ1) is 21.4. The third-order valence-corrected chi connectivity index (χ3v) is 6.79. The van der Waals surface area contributed by atoms with Gasteiger partial charge in [-0.2, -0.15) is 24.2 Å². The summed E-state index contributed by atoms with van der Waals surface area (Å²) in [6, 6.07) is 10.2. The lowest BCUT2D eigenvalue weighted by Crippen LogP contribution is -2.27. The molecule has 33 heavy (non-hydrogen) atoms. The number of piperidine rings is 1. The number of hydrogen-bond donors (Lipinski definition) is 1. The van der Waals surface area contributed by atoms with Crippen LogP contribution in [0.25, 0.3) is 17.0 Å². The number of fused-ring (bicyclic) bond motifs is 1. The predicted molar refractivity (Wildman–Crippen MR) is 125 cm³/mol. The molecule has 1 aliphatic heterocycles. The van der Waals surface area contributed by atoms with Crippen molar-refractivity contribution in [1.29, 1.82) is 5.26 Å². The second-order valence-corrected chi connectivity index (χ2v) is 8.78. The molecule has 5 rings (SSSR count). The highest BCUT2D eigenvalue weighted by Gasteiger charge is 2.23. The molecule has 3 aromatic heterocycles. The van der Waals surface area contributed by atoms with E-state index in [2.05, 4.69) is 27.7 Å². The molecule has 1 N–H and O–H groups in total. The van der Waals surface area contributed by atoms with Gasteiger partial charge in [0.2, 0.25) is 5.13 Å². The molecule has 4 heterocycles. The quantitative estimate of drug-likeness (QED) is 0.478. The van der Waals surface area contributed by atoms with Gasteiger partial charge in [-0.3, -0.25) is 0 Å². The number of nitrogens with one attached hydrogen (secondary N) is 1. The smallest absolute Gasteiger partial charge is 0.210 e. The summed E-state index contributed by atoms with van der Waals surface area (Å²) in [5.41, 5.74) is 3.50. The van der Waals surface area contributed by atoms with Crippen molar-refractivity contribution in [3.63, 3.8) is 0 Å². The third kappa shape index (κ3) is 3.94. The minimum absolute atomic E-state index is 0.208. The van der Waals surface area contributed by atoms with Gasteiger partial charge in [-0.25, -0.2) is 9.37 Å². The Morgan fingerprint density at radius 3 is 2.82 bits per heavy atom. The topological polar surface area (TPSA) is 95.0 Å². The van der Waals surface area contributed by atoms with Crippen LogP contribution in [0.15, 0.2) is 30.3 Å². The fourth-order valence-electron chi connectivity index (χ4n) is 4.25. The fraction of sp³-hybridized carbons (Fsp3) is 0.348. The number of imidazole rings is 1. The van der Waals surface area contributed by atoms with Crippen molar-refractivity contribution >= 4 is 28.1 Å². The lowest BCUT2D eigenvalue weighted by molar-refractivity contribution is 0.449. The van der Waals surface area contributed by atoms with Gasteiger partial charge in [-0.15, -0.1) is 0 Å². The fourth-order valence-corrected chi connectivity index (χ4v) is 4.89. The van der Waals surface area contributed by atoms with Crippen molar-refractivity contribution < 1.29 is 4.39 Å². The monoisotopic (exact) mass is 462 g/mol. The molecular weight excluding hydrogens is 439 g/mol. The summed E-state index contributed by atoms with van der Waals surface area (Å²) in [5, 5.41) is 18.4. The highest BCUT2D eigenvalue weighted by molar-refractivity contribution is 7.10.